The molecule has 0 radical (unpaired) electrons. The molecular weight excluding hydrogens is 510 g/mol. The lowest BCUT2D eigenvalue weighted by atomic mass is 10.2. The number of aromatic nitrogens is 1. The van der Waals surface area contributed by atoms with Gasteiger partial charge in [-0.05, 0) is 32.4 Å². The number of aryl methyl sites for hydroxylation is 1. The van der Waals surface area contributed by atoms with Gasteiger partial charge in [0.1, 0.15) is 4.32 Å². The van der Waals surface area contributed by atoms with Crippen molar-refractivity contribution in [2.24, 2.45) is 0 Å². The minimum Gasteiger partial charge on any atom is -0.420 e. The molecule has 188 valence electrons. The SMILES string of the molecule is CCOCCCN1C(=O)C(=Cc2nc(S(=O)(=O)c3ccc(C)cc3)c(N3CCOCC3)o2)SC1=S. The smallest absolute Gasteiger partial charge is 0.266 e. The summed E-state index contributed by atoms with van der Waals surface area (Å²) in [5.74, 6) is -0.0788. The van der Waals surface area contributed by atoms with Crippen LogP contribution in [-0.4, -0.2) is 74.6 Å². The number of carbonyl (C=O) groups is 1. The van der Waals surface area contributed by atoms with E-state index in [1.807, 2.05) is 13.8 Å². The Morgan fingerprint density at radius 3 is 2.63 bits per heavy atom. The van der Waals surface area contributed by atoms with E-state index >= 15 is 0 Å². The highest BCUT2D eigenvalue weighted by Gasteiger charge is 2.34. The molecule has 1 amide bonds. The van der Waals surface area contributed by atoms with E-state index in [1.165, 1.54) is 11.0 Å². The van der Waals surface area contributed by atoms with Crippen LogP contribution in [0.3, 0.4) is 0 Å². The van der Waals surface area contributed by atoms with Crippen LogP contribution < -0.4 is 4.90 Å². The molecule has 1 aromatic heterocycles. The van der Waals surface area contributed by atoms with Crippen LogP contribution >= 0.6 is 24.0 Å². The lowest BCUT2D eigenvalue weighted by molar-refractivity contribution is -0.122. The number of thioether (sulfide) groups is 1. The highest BCUT2D eigenvalue weighted by atomic mass is 32.2. The highest BCUT2D eigenvalue weighted by Crippen LogP contribution is 2.36. The molecule has 2 fully saturated rings. The van der Waals surface area contributed by atoms with Crippen LogP contribution in [0.2, 0.25) is 0 Å². The summed E-state index contributed by atoms with van der Waals surface area (Å²) in [7, 11) is -3.96. The number of nitrogens with zero attached hydrogens (tertiary/aromatic N) is 3. The Morgan fingerprint density at radius 2 is 1.94 bits per heavy atom. The lowest BCUT2D eigenvalue weighted by Crippen LogP contribution is -2.36. The van der Waals surface area contributed by atoms with Gasteiger partial charge in [0.25, 0.3) is 5.91 Å². The average Bonchev–Trinajstić information content (AvgIpc) is 3.39. The molecule has 0 atom stereocenters. The first-order valence-corrected chi connectivity index (χ1v) is 14.0. The van der Waals surface area contributed by atoms with Gasteiger partial charge in [-0.2, -0.15) is 4.98 Å². The largest absolute Gasteiger partial charge is 0.420 e. The molecule has 0 aliphatic carbocycles. The quantitative estimate of drug-likeness (QED) is 0.269. The van der Waals surface area contributed by atoms with Crippen molar-refractivity contribution in [3.8, 4) is 0 Å². The Hall–Kier alpha value is -2.25. The first kappa shape index (κ1) is 25.8. The molecule has 3 heterocycles. The molecule has 9 nitrogen and oxygen atoms in total. The van der Waals surface area contributed by atoms with Crippen molar-refractivity contribution in [1.29, 1.82) is 0 Å². The molecule has 35 heavy (non-hydrogen) atoms. The molecule has 12 heteroatoms. The summed E-state index contributed by atoms with van der Waals surface area (Å²) in [6.07, 6.45) is 2.12. The number of ether oxygens (including phenoxy) is 2. The Bertz CT molecular complexity index is 1220. The molecule has 1 aromatic carbocycles. The zero-order valence-electron chi connectivity index (χ0n) is 19.6. The summed E-state index contributed by atoms with van der Waals surface area (Å²) in [5, 5.41) is -0.179. The van der Waals surface area contributed by atoms with Gasteiger partial charge >= 0.3 is 0 Å². The van der Waals surface area contributed by atoms with Crippen molar-refractivity contribution in [3.63, 3.8) is 0 Å². The number of amides is 1. The van der Waals surface area contributed by atoms with Gasteiger partial charge in [-0.15, -0.1) is 0 Å². The number of rotatable bonds is 9. The fraction of sp³-hybridized carbons (Fsp3) is 0.435. The Morgan fingerprint density at radius 1 is 1.23 bits per heavy atom. The number of morpholine rings is 1. The average molecular weight is 538 g/mol. The highest BCUT2D eigenvalue weighted by molar-refractivity contribution is 8.26. The van der Waals surface area contributed by atoms with Crippen LogP contribution in [0.5, 0.6) is 0 Å². The third kappa shape index (κ3) is 5.78. The van der Waals surface area contributed by atoms with Gasteiger partial charge in [0.05, 0.1) is 23.0 Å². The number of anilines is 1. The van der Waals surface area contributed by atoms with E-state index in [4.69, 9.17) is 26.1 Å². The zero-order valence-corrected chi connectivity index (χ0v) is 22.0. The van der Waals surface area contributed by atoms with E-state index in [-0.39, 0.29) is 27.6 Å². The van der Waals surface area contributed by atoms with Gasteiger partial charge in [0.2, 0.25) is 26.6 Å². The van der Waals surface area contributed by atoms with Crippen LogP contribution in [0.1, 0.15) is 24.8 Å². The number of sulfone groups is 1. The molecule has 0 unspecified atom stereocenters. The number of thiocarbonyl (C=S) groups is 1. The molecule has 4 rings (SSSR count). The van der Waals surface area contributed by atoms with Crippen LogP contribution in [0, 0.1) is 6.92 Å². The van der Waals surface area contributed by atoms with Crippen molar-refractivity contribution < 1.29 is 27.1 Å². The summed E-state index contributed by atoms with van der Waals surface area (Å²) in [5.41, 5.74) is 0.946. The molecule has 0 spiro atoms. The van der Waals surface area contributed by atoms with Gasteiger partial charge in [-0.25, -0.2) is 8.42 Å². The maximum Gasteiger partial charge on any atom is 0.266 e. The lowest BCUT2D eigenvalue weighted by Gasteiger charge is -2.26. The van der Waals surface area contributed by atoms with Crippen molar-refractivity contribution >= 4 is 56.0 Å². The molecule has 2 saturated heterocycles. The number of hydrogen-bond acceptors (Lipinski definition) is 10. The topological polar surface area (TPSA) is 102 Å². The maximum absolute atomic E-state index is 13.5. The molecule has 0 bridgehead atoms. The standard InChI is InChI=1S/C23H27N3O6S3/c1-3-30-12-4-9-26-21(27)18(34-23(26)33)15-19-24-20(22(32-19)25-10-13-31-14-11-25)35(28,29)17-7-5-16(2)6-8-17/h5-8,15H,3-4,9-14H2,1-2H3. The fourth-order valence-corrected chi connectivity index (χ4v) is 6.22. The van der Waals surface area contributed by atoms with E-state index < -0.39 is 9.84 Å². The van der Waals surface area contributed by atoms with Crippen LogP contribution in [0.15, 0.2) is 43.5 Å². The second-order valence-corrected chi connectivity index (χ2v) is 11.5. The molecule has 2 aromatic rings. The summed E-state index contributed by atoms with van der Waals surface area (Å²) >= 11 is 6.51. The minimum absolute atomic E-state index is 0.0343. The summed E-state index contributed by atoms with van der Waals surface area (Å²) in [6, 6.07) is 6.57. The summed E-state index contributed by atoms with van der Waals surface area (Å²) < 4.78 is 44.1. The molecular formula is C23H27N3O6S3. The number of carbonyl (C=O) groups excluding carboxylic acids is 1. The Labute approximate surface area is 214 Å². The minimum atomic E-state index is -3.96. The molecule has 0 N–H and O–H groups in total. The Balaban J connectivity index is 1.65. The first-order chi connectivity index (χ1) is 16.8. The van der Waals surface area contributed by atoms with E-state index in [2.05, 4.69) is 4.98 Å². The van der Waals surface area contributed by atoms with Crippen LogP contribution in [0.4, 0.5) is 5.88 Å². The fourth-order valence-electron chi connectivity index (χ4n) is 3.62. The van der Waals surface area contributed by atoms with E-state index in [0.29, 0.717) is 61.7 Å². The number of oxazole rings is 1. The van der Waals surface area contributed by atoms with E-state index in [9.17, 15) is 13.2 Å². The van der Waals surface area contributed by atoms with E-state index in [1.54, 1.807) is 29.2 Å². The third-order valence-electron chi connectivity index (χ3n) is 5.48. The van der Waals surface area contributed by atoms with Gasteiger partial charge in [0, 0.05) is 38.9 Å². The number of hydrogen-bond donors (Lipinski definition) is 0. The summed E-state index contributed by atoms with van der Waals surface area (Å²) in [6.45, 7) is 7.21. The van der Waals surface area contributed by atoms with Crippen molar-refractivity contribution in [2.75, 3.05) is 51.0 Å². The zero-order chi connectivity index (χ0) is 25.0. The van der Waals surface area contributed by atoms with Gasteiger partial charge < -0.3 is 18.8 Å². The third-order valence-corrected chi connectivity index (χ3v) is 8.53. The van der Waals surface area contributed by atoms with Crippen molar-refractivity contribution in [3.05, 3.63) is 40.6 Å². The second-order valence-electron chi connectivity index (χ2n) is 7.96. The molecule has 0 saturated carbocycles. The van der Waals surface area contributed by atoms with Crippen molar-refractivity contribution in [1.82, 2.24) is 9.88 Å². The second kappa shape index (κ2) is 11.2. The first-order valence-electron chi connectivity index (χ1n) is 11.3. The molecule has 2 aliphatic heterocycles. The van der Waals surface area contributed by atoms with Crippen LogP contribution in [0.25, 0.3) is 6.08 Å². The predicted octanol–water partition coefficient (Wildman–Crippen LogP) is 3.28. The van der Waals surface area contributed by atoms with Crippen molar-refractivity contribution in [2.45, 2.75) is 30.2 Å². The predicted molar refractivity (Wildman–Crippen MR) is 137 cm³/mol. The normalized spacial score (nSPS) is 18.2. The van der Waals surface area contributed by atoms with E-state index in [0.717, 1.165) is 17.3 Å². The van der Waals surface area contributed by atoms with Crippen LogP contribution in [-0.2, 0) is 24.1 Å². The van der Waals surface area contributed by atoms with Gasteiger partial charge in [-0.1, -0.05) is 41.7 Å². The molecule has 2 aliphatic rings. The number of benzene rings is 1. The summed E-state index contributed by atoms with van der Waals surface area (Å²) in [4.78, 5) is 21.0. The van der Waals surface area contributed by atoms with Gasteiger partial charge in [-0.3, -0.25) is 9.69 Å². The van der Waals surface area contributed by atoms with Gasteiger partial charge in [0.15, 0.2) is 0 Å². The Kier molecular flexibility index (Phi) is 8.27. The maximum atomic E-state index is 13.5. The monoisotopic (exact) mass is 537 g/mol.